The minimum Gasteiger partial charge on any atom is -0.365 e. The monoisotopic (exact) mass is 457 g/mol. The van der Waals surface area contributed by atoms with Crippen LogP contribution in [0.2, 0.25) is 0 Å². The third-order valence-corrected chi connectivity index (χ3v) is 7.51. The fourth-order valence-corrected chi connectivity index (χ4v) is 5.76. The van der Waals surface area contributed by atoms with Crippen LogP contribution >= 0.6 is 0 Å². The largest absolute Gasteiger partial charge is 0.365 e. The van der Waals surface area contributed by atoms with Gasteiger partial charge in [-0.25, -0.2) is 4.39 Å². The van der Waals surface area contributed by atoms with Crippen molar-refractivity contribution in [2.24, 2.45) is 5.41 Å². The topological polar surface area (TPSA) is 105 Å². The van der Waals surface area contributed by atoms with Gasteiger partial charge >= 0.3 is 0 Å². The average Bonchev–Trinajstić information content (AvgIpc) is 3.53. The zero-order chi connectivity index (χ0) is 23.3. The molecule has 8 nitrogen and oxygen atoms in total. The van der Waals surface area contributed by atoms with Crippen molar-refractivity contribution in [1.82, 2.24) is 10.2 Å². The average molecular weight is 458 g/mol. The molecule has 5 rings (SSSR count). The van der Waals surface area contributed by atoms with E-state index in [1.54, 1.807) is 18.2 Å². The van der Waals surface area contributed by atoms with Gasteiger partial charge in [-0.3, -0.25) is 19.2 Å². The fourth-order valence-electron chi connectivity index (χ4n) is 5.76. The van der Waals surface area contributed by atoms with E-state index in [1.165, 1.54) is 4.90 Å². The van der Waals surface area contributed by atoms with Gasteiger partial charge in [0.15, 0.2) is 5.78 Å². The molecule has 176 valence electrons. The number of ether oxygens (including phenoxy) is 1. The number of nitrogens with one attached hydrogen (secondary N) is 2. The maximum atomic E-state index is 14.5. The second-order valence-electron chi connectivity index (χ2n) is 10.0. The van der Waals surface area contributed by atoms with Crippen LogP contribution in [0.15, 0.2) is 18.2 Å². The zero-order valence-electron chi connectivity index (χ0n) is 18.6. The predicted octanol–water partition coefficient (Wildman–Crippen LogP) is 1.77. The summed E-state index contributed by atoms with van der Waals surface area (Å²) in [5, 5.41) is 5.60. The van der Waals surface area contributed by atoms with Crippen LogP contribution in [-0.4, -0.2) is 65.9 Å². The summed E-state index contributed by atoms with van der Waals surface area (Å²) in [6, 6.07) is 3.13. The Morgan fingerprint density at radius 1 is 1.30 bits per heavy atom. The first-order chi connectivity index (χ1) is 15.7. The van der Waals surface area contributed by atoms with E-state index in [4.69, 9.17) is 4.74 Å². The van der Waals surface area contributed by atoms with E-state index in [2.05, 4.69) is 17.6 Å². The number of halogens is 1. The molecule has 2 N–H and O–H groups in total. The summed E-state index contributed by atoms with van der Waals surface area (Å²) in [6.07, 6.45) is 2.27. The number of benzene rings is 1. The van der Waals surface area contributed by atoms with E-state index >= 15 is 0 Å². The van der Waals surface area contributed by atoms with Crippen molar-refractivity contribution in [3.63, 3.8) is 0 Å². The number of likely N-dealkylation sites (tertiary alicyclic amines) is 1. The van der Waals surface area contributed by atoms with Crippen molar-refractivity contribution in [3.05, 3.63) is 29.3 Å². The summed E-state index contributed by atoms with van der Waals surface area (Å²) in [5.41, 5.74) is 1.64. The zero-order valence-corrected chi connectivity index (χ0v) is 18.6. The van der Waals surface area contributed by atoms with Crippen LogP contribution in [0.1, 0.15) is 54.9 Å². The Labute approximate surface area is 191 Å². The van der Waals surface area contributed by atoms with Gasteiger partial charge in [0.1, 0.15) is 31.0 Å². The van der Waals surface area contributed by atoms with Crippen molar-refractivity contribution in [3.8, 4) is 0 Å². The van der Waals surface area contributed by atoms with Gasteiger partial charge in [-0.15, -0.1) is 0 Å². The number of anilines is 1. The molecule has 1 aromatic carbocycles. The van der Waals surface area contributed by atoms with Crippen molar-refractivity contribution >= 4 is 29.2 Å². The lowest BCUT2D eigenvalue weighted by Gasteiger charge is -2.32. The molecule has 0 spiro atoms. The van der Waals surface area contributed by atoms with E-state index in [0.717, 1.165) is 31.2 Å². The molecule has 9 heteroatoms. The number of hydrogen-bond acceptors (Lipinski definition) is 5. The van der Waals surface area contributed by atoms with Crippen molar-refractivity contribution in [2.45, 2.75) is 69.8 Å². The molecule has 0 aromatic heterocycles. The van der Waals surface area contributed by atoms with E-state index in [-0.39, 0.29) is 36.7 Å². The Morgan fingerprint density at radius 2 is 2.06 bits per heavy atom. The lowest BCUT2D eigenvalue weighted by Crippen LogP contribution is -2.53. The van der Waals surface area contributed by atoms with Crippen molar-refractivity contribution in [2.75, 3.05) is 18.5 Å². The second-order valence-corrected chi connectivity index (χ2v) is 10.0. The van der Waals surface area contributed by atoms with Gasteiger partial charge in [-0.05, 0) is 48.4 Å². The molecule has 1 unspecified atom stereocenters. The van der Waals surface area contributed by atoms with Crippen LogP contribution in [0.25, 0.3) is 0 Å². The highest BCUT2D eigenvalue weighted by molar-refractivity contribution is 6.03. The molecule has 3 heterocycles. The van der Waals surface area contributed by atoms with E-state index < -0.39 is 36.2 Å². The summed E-state index contributed by atoms with van der Waals surface area (Å²) in [4.78, 5) is 51.9. The molecule has 1 aromatic rings. The number of carbonyl (C=O) groups excluding carboxylic acids is 4. The van der Waals surface area contributed by atoms with E-state index in [1.807, 2.05) is 0 Å². The third-order valence-electron chi connectivity index (χ3n) is 7.51. The Kier molecular flexibility index (Phi) is 5.47. The van der Waals surface area contributed by atoms with E-state index in [9.17, 15) is 23.6 Å². The van der Waals surface area contributed by atoms with Crippen molar-refractivity contribution < 1.29 is 28.3 Å². The van der Waals surface area contributed by atoms with E-state index in [0.29, 0.717) is 17.7 Å². The number of nitrogens with zero attached hydrogens (tertiary/aromatic N) is 1. The number of rotatable bonds is 5. The van der Waals surface area contributed by atoms with Gasteiger partial charge in [0.2, 0.25) is 11.8 Å². The summed E-state index contributed by atoms with van der Waals surface area (Å²) < 4.78 is 19.8. The molecule has 3 fully saturated rings. The standard InChI is InChI=1S/C24H28FN3O5/c1-24(6-2-3-7-24)10-17(23(32)28-11-15(25)21-20(28)18(29)12-33-21)27-22(31)13-4-5-16-14(8-13)9-19(30)26-16/h4-5,8,15,17,20-21H,2-3,6-7,9-12H2,1H3,(H,26,30)(H,27,31)/t15-,17?,20+,21+/m0/s1. The third kappa shape index (κ3) is 4.03. The van der Waals surface area contributed by atoms with Crippen LogP contribution in [0.5, 0.6) is 0 Å². The molecule has 0 radical (unpaired) electrons. The highest BCUT2D eigenvalue weighted by atomic mass is 19.1. The smallest absolute Gasteiger partial charge is 0.251 e. The molecule has 3 amide bonds. The van der Waals surface area contributed by atoms with Crippen LogP contribution in [0, 0.1) is 5.41 Å². The maximum absolute atomic E-state index is 14.5. The highest BCUT2D eigenvalue weighted by Gasteiger charge is 2.54. The number of carbonyl (C=O) groups is 4. The first kappa shape index (κ1) is 22.0. The highest BCUT2D eigenvalue weighted by Crippen LogP contribution is 2.42. The summed E-state index contributed by atoms with van der Waals surface area (Å²) in [5.74, 6) is -1.30. The molecule has 33 heavy (non-hydrogen) atoms. The van der Waals surface area contributed by atoms with Crippen molar-refractivity contribution in [1.29, 1.82) is 0 Å². The quantitative estimate of drug-likeness (QED) is 0.701. The Bertz CT molecular complexity index is 1020. The van der Waals surface area contributed by atoms with Gasteiger partial charge in [0, 0.05) is 11.3 Å². The molecule has 1 aliphatic carbocycles. The first-order valence-electron chi connectivity index (χ1n) is 11.6. The fraction of sp³-hybridized carbons (Fsp3) is 0.583. The normalized spacial score (nSPS) is 28.4. The Morgan fingerprint density at radius 3 is 2.82 bits per heavy atom. The van der Waals surface area contributed by atoms with Gasteiger partial charge in [0.25, 0.3) is 5.91 Å². The lowest BCUT2D eigenvalue weighted by atomic mass is 9.81. The predicted molar refractivity (Wildman–Crippen MR) is 116 cm³/mol. The van der Waals surface area contributed by atoms with Crippen LogP contribution in [0.4, 0.5) is 10.1 Å². The molecule has 4 atom stereocenters. The van der Waals surface area contributed by atoms with Gasteiger partial charge < -0.3 is 20.3 Å². The minimum absolute atomic E-state index is 0.119. The first-order valence-corrected chi connectivity index (χ1v) is 11.6. The van der Waals surface area contributed by atoms with Gasteiger partial charge in [-0.2, -0.15) is 0 Å². The molecule has 1 saturated carbocycles. The number of hydrogen-bond donors (Lipinski definition) is 2. The number of Topliss-reactive ketones (excluding diaryl/α,β-unsaturated/α-hetero) is 1. The Hall–Kier alpha value is -2.81. The molecule has 3 aliphatic heterocycles. The summed E-state index contributed by atoms with van der Waals surface area (Å²) in [6.45, 7) is 1.69. The van der Waals surface area contributed by atoms with Gasteiger partial charge in [-0.1, -0.05) is 19.8 Å². The second kappa shape index (κ2) is 8.20. The van der Waals surface area contributed by atoms with Crippen LogP contribution < -0.4 is 10.6 Å². The molecule has 2 saturated heterocycles. The SMILES string of the molecule is CC1(CC(NC(=O)c2ccc3c(c2)CC(=O)N3)C(=O)N2C[C@H](F)[C@H]3OCC(=O)[C@H]32)CCCC1. The van der Waals surface area contributed by atoms with Gasteiger partial charge in [0.05, 0.1) is 13.0 Å². The Balaban J connectivity index is 1.38. The minimum atomic E-state index is -1.43. The number of alkyl halides is 1. The molecular formula is C24H28FN3O5. The molecule has 0 bridgehead atoms. The summed E-state index contributed by atoms with van der Waals surface area (Å²) in [7, 11) is 0. The maximum Gasteiger partial charge on any atom is 0.251 e. The lowest BCUT2D eigenvalue weighted by molar-refractivity contribution is -0.138. The van der Waals surface area contributed by atoms with Crippen LogP contribution in [-0.2, 0) is 25.5 Å². The van der Waals surface area contributed by atoms with Crippen LogP contribution in [0.3, 0.4) is 0 Å². The molecular weight excluding hydrogens is 429 g/mol. The summed E-state index contributed by atoms with van der Waals surface area (Å²) >= 11 is 0. The number of ketones is 1. The molecule has 4 aliphatic rings. The number of fused-ring (bicyclic) bond motifs is 2. The number of amides is 3.